The van der Waals surface area contributed by atoms with Gasteiger partial charge in [0.25, 0.3) is 0 Å². The molecule has 0 spiro atoms. The molecule has 3 rings (SSSR count). The monoisotopic (exact) mass is 303 g/mol. The molecule has 0 radical (unpaired) electrons. The minimum atomic E-state index is 0.480. The van der Waals surface area contributed by atoms with Crippen molar-refractivity contribution in [3.8, 4) is 11.8 Å². The van der Waals surface area contributed by atoms with Gasteiger partial charge in [-0.15, -0.1) is 0 Å². The molecule has 0 saturated carbocycles. The van der Waals surface area contributed by atoms with Gasteiger partial charge in [-0.1, -0.05) is 37.3 Å². The molecule has 0 unspecified atom stereocenters. The van der Waals surface area contributed by atoms with Crippen LogP contribution in [0, 0.1) is 11.3 Å². The van der Waals surface area contributed by atoms with Crippen LogP contribution >= 0.6 is 0 Å². The molecular formula is C19H17N3O. The molecule has 4 heteroatoms. The number of aromatic amines is 1. The van der Waals surface area contributed by atoms with Crippen molar-refractivity contribution in [1.82, 2.24) is 9.97 Å². The Hall–Kier alpha value is -3.06. The lowest BCUT2D eigenvalue weighted by molar-refractivity contribution is 0.317. The van der Waals surface area contributed by atoms with Crippen LogP contribution in [0.15, 0.2) is 48.5 Å². The van der Waals surface area contributed by atoms with Crippen molar-refractivity contribution in [2.75, 3.05) is 6.61 Å². The summed E-state index contributed by atoms with van der Waals surface area (Å²) in [4.78, 5) is 7.67. The highest BCUT2D eigenvalue weighted by Gasteiger charge is 2.09. The molecule has 0 bridgehead atoms. The van der Waals surface area contributed by atoms with E-state index >= 15 is 0 Å². The molecule has 0 atom stereocenters. The van der Waals surface area contributed by atoms with Gasteiger partial charge in [0.2, 0.25) is 0 Å². The van der Waals surface area contributed by atoms with Gasteiger partial charge in [-0.25, -0.2) is 4.98 Å². The number of H-pyrrole nitrogens is 1. The molecule has 3 aromatic rings. The minimum Gasteiger partial charge on any atom is -0.493 e. The quantitative estimate of drug-likeness (QED) is 0.710. The summed E-state index contributed by atoms with van der Waals surface area (Å²) in [5.74, 6) is 1.34. The summed E-state index contributed by atoms with van der Waals surface area (Å²) < 4.78 is 5.74. The third kappa shape index (κ3) is 3.24. The van der Waals surface area contributed by atoms with Crippen LogP contribution in [-0.4, -0.2) is 16.6 Å². The van der Waals surface area contributed by atoms with E-state index in [4.69, 9.17) is 4.74 Å². The number of rotatable bonds is 5. The summed E-state index contributed by atoms with van der Waals surface area (Å²) in [5, 5.41) is 9.51. The molecule has 0 aliphatic carbocycles. The number of aromatic nitrogens is 2. The molecule has 0 amide bonds. The molecule has 2 aromatic carbocycles. The highest BCUT2D eigenvalue weighted by atomic mass is 16.5. The Balaban J connectivity index is 2.00. The highest BCUT2D eigenvalue weighted by Crippen LogP contribution is 2.24. The number of nitrogens with zero attached hydrogens (tertiary/aromatic N) is 2. The molecule has 1 aromatic heterocycles. The summed E-state index contributed by atoms with van der Waals surface area (Å²) in [6.07, 6.45) is 2.75. The van der Waals surface area contributed by atoms with Gasteiger partial charge in [0, 0.05) is 5.56 Å². The number of nitriles is 1. The fourth-order valence-electron chi connectivity index (χ4n) is 2.33. The highest BCUT2D eigenvalue weighted by molar-refractivity contribution is 5.91. The molecular weight excluding hydrogens is 286 g/mol. The van der Waals surface area contributed by atoms with Gasteiger partial charge in [0.1, 0.15) is 17.6 Å². The summed E-state index contributed by atoms with van der Waals surface area (Å²) >= 11 is 0. The second-order valence-corrected chi connectivity index (χ2v) is 5.16. The van der Waals surface area contributed by atoms with Gasteiger partial charge in [0.15, 0.2) is 0 Å². The topological polar surface area (TPSA) is 61.7 Å². The molecule has 0 fully saturated rings. The van der Waals surface area contributed by atoms with E-state index in [1.807, 2.05) is 54.6 Å². The fraction of sp³-hybridized carbons (Fsp3) is 0.158. The third-order valence-corrected chi connectivity index (χ3v) is 3.45. The molecule has 4 nitrogen and oxygen atoms in total. The van der Waals surface area contributed by atoms with Crippen molar-refractivity contribution in [3.05, 3.63) is 59.9 Å². The van der Waals surface area contributed by atoms with E-state index in [-0.39, 0.29) is 0 Å². The van der Waals surface area contributed by atoms with Crippen LogP contribution in [0.3, 0.4) is 0 Å². The Morgan fingerprint density at radius 2 is 2.00 bits per heavy atom. The van der Waals surface area contributed by atoms with Gasteiger partial charge in [-0.05, 0) is 30.7 Å². The standard InChI is InChI=1S/C19H17N3O/c1-2-11-23-18-10-6-3-7-14(18)12-15(13-20)19-21-16-8-4-5-9-17(16)22-19/h3-10,12H,2,11H2,1H3,(H,21,22)/b15-12-. The number of imidazole rings is 1. The van der Waals surface area contributed by atoms with Crippen LogP contribution < -0.4 is 4.74 Å². The predicted molar refractivity (Wildman–Crippen MR) is 91.8 cm³/mol. The van der Waals surface area contributed by atoms with E-state index in [1.54, 1.807) is 0 Å². The normalized spacial score (nSPS) is 11.4. The number of benzene rings is 2. The van der Waals surface area contributed by atoms with Gasteiger partial charge in [-0.3, -0.25) is 0 Å². The average Bonchev–Trinajstić information content (AvgIpc) is 3.02. The first-order valence-corrected chi connectivity index (χ1v) is 7.60. The lowest BCUT2D eigenvalue weighted by atomic mass is 10.1. The van der Waals surface area contributed by atoms with Crippen LogP contribution in [0.5, 0.6) is 5.75 Å². The van der Waals surface area contributed by atoms with Crippen molar-refractivity contribution in [3.63, 3.8) is 0 Å². The van der Waals surface area contributed by atoms with Gasteiger partial charge in [0.05, 0.1) is 23.2 Å². The van der Waals surface area contributed by atoms with Crippen molar-refractivity contribution >= 4 is 22.7 Å². The lowest BCUT2D eigenvalue weighted by Gasteiger charge is -2.08. The van der Waals surface area contributed by atoms with E-state index in [2.05, 4.69) is 23.0 Å². The Bertz CT molecular complexity index is 854. The number of nitrogens with one attached hydrogen (secondary N) is 1. The Labute approximate surface area is 135 Å². The Morgan fingerprint density at radius 3 is 2.78 bits per heavy atom. The largest absolute Gasteiger partial charge is 0.493 e. The molecule has 0 saturated heterocycles. The van der Waals surface area contributed by atoms with E-state index in [0.29, 0.717) is 18.0 Å². The Kier molecular flexibility index (Phi) is 4.39. The number of hydrogen-bond donors (Lipinski definition) is 1. The first kappa shape index (κ1) is 14.9. The van der Waals surface area contributed by atoms with Crippen molar-refractivity contribution in [2.24, 2.45) is 0 Å². The first-order valence-electron chi connectivity index (χ1n) is 7.60. The predicted octanol–water partition coefficient (Wildman–Crippen LogP) is 4.42. The minimum absolute atomic E-state index is 0.480. The number of allylic oxidation sites excluding steroid dienone is 1. The van der Waals surface area contributed by atoms with E-state index in [9.17, 15) is 5.26 Å². The lowest BCUT2D eigenvalue weighted by Crippen LogP contribution is -1.97. The van der Waals surface area contributed by atoms with Crippen molar-refractivity contribution in [2.45, 2.75) is 13.3 Å². The van der Waals surface area contributed by atoms with Crippen LogP contribution in [0.1, 0.15) is 24.7 Å². The van der Waals surface area contributed by atoms with Crippen LogP contribution in [0.4, 0.5) is 0 Å². The summed E-state index contributed by atoms with van der Waals surface area (Å²) in [6, 6.07) is 17.7. The van der Waals surface area contributed by atoms with E-state index in [1.165, 1.54) is 0 Å². The summed E-state index contributed by atoms with van der Waals surface area (Å²) in [6.45, 7) is 2.71. The molecule has 1 N–H and O–H groups in total. The fourth-order valence-corrected chi connectivity index (χ4v) is 2.33. The molecule has 0 aliphatic rings. The Morgan fingerprint density at radius 1 is 1.22 bits per heavy atom. The smallest absolute Gasteiger partial charge is 0.149 e. The molecule has 23 heavy (non-hydrogen) atoms. The van der Waals surface area contributed by atoms with Crippen molar-refractivity contribution < 1.29 is 4.74 Å². The summed E-state index contributed by atoms with van der Waals surface area (Å²) in [5.41, 5.74) is 3.12. The zero-order valence-corrected chi connectivity index (χ0v) is 12.9. The maximum Gasteiger partial charge on any atom is 0.149 e. The van der Waals surface area contributed by atoms with Gasteiger partial charge < -0.3 is 9.72 Å². The molecule has 114 valence electrons. The number of fused-ring (bicyclic) bond motifs is 1. The van der Waals surface area contributed by atoms with Crippen molar-refractivity contribution in [1.29, 1.82) is 5.26 Å². The first-order chi connectivity index (χ1) is 11.3. The number of hydrogen-bond acceptors (Lipinski definition) is 3. The van der Waals surface area contributed by atoms with Crippen LogP contribution in [0.2, 0.25) is 0 Å². The van der Waals surface area contributed by atoms with Crippen LogP contribution in [0.25, 0.3) is 22.7 Å². The molecule has 1 heterocycles. The second kappa shape index (κ2) is 6.80. The van der Waals surface area contributed by atoms with E-state index in [0.717, 1.165) is 28.8 Å². The zero-order valence-electron chi connectivity index (χ0n) is 12.9. The van der Waals surface area contributed by atoms with Crippen LogP contribution in [-0.2, 0) is 0 Å². The van der Waals surface area contributed by atoms with Gasteiger partial charge >= 0.3 is 0 Å². The number of para-hydroxylation sites is 3. The summed E-state index contributed by atoms with van der Waals surface area (Å²) in [7, 11) is 0. The second-order valence-electron chi connectivity index (χ2n) is 5.16. The van der Waals surface area contributed by atoms with Gasteiger partial charge in [-0.2, -0.15) is 5.26 Å². The SMILES string of the molecule is CCCOc1ccccc1/C=C(/C#N)c1nc2ccccc2[nH]1. The molecule has 0 aliphatic heterocycles. The third-order valence-electron chi connectivity index (χ3n) is 3.45. The van der Waals surface area contributed by atoms with E-state index < -0.39 is 0 Å². The zero-order chi connectivity index (χ0) is 16.1. The average molecular weight is 303 g/mol. The maximum atomic E-state index is 9.51. The maximum absolute atomic E-state index is 9.51. The number of ether oxygens (including phenoxy) is 1.